The van der Waals surface area contributed by atoms with Crippen molar-refractivity contribution in [3.63, 3.8) is 0 Å². The van der Waals surface area contributed by atoms with Gasteiger partial charge in [-0.2, -0.15) is 0 Å². The molecule has 1 saturated carbocycles. The molecular formula is C18H21BrN4O4S. The van der Waals surface area contributed by atoms with Crippen LogP contribution in [-0.4, -0.2) is 49.6 Å². The van der Waals surface area contributed by atoms with Crippen LogP contribution >= 0.6 is 15.9 Å². The molecule has 0 atom stereocenters. The summed E-state index contributed by atoms with van der Waals surface area (Å²) in [5, 5.41) is 2.58. The van der Waals surface area contributed by atoms with E-state index in [1.807, 2.05) is 0 Å². The van der Waals surface area contributed by atoms with Crippen LogP contribution in [0, 0.1) is 0 Å². The van der Waals surface area contributed by atoms with Gasteiger partial charge in [0.25, 0.3) is 0 Å². The first-order valence-electron chi connectivity index (χ1n) is 8.70. The molecule has 8 nitrogen and oxygen atoms in total. The molecule has 0 radical (unpaired) electrons. The molecule has 10 heteroatoms. The van der Waals surface area contributed by atoms with Gasteiger partial charge in [0.2, 0.25) is 10.0 Å². The SMILES string of the molecule is CNC(=O)n1cc(C2CC2)nc1-c1ccc(Br)cc1N(CC(C)=O)S(C)(=O)=O. The number of halogens is 1. The first kappa shape index (κ1) is 20.5. The monoisotopic (exact) mass is 468 g/mol. The lowest BCUT2D eigenvalue weighted by Gasteiger charge is -2.24. The van der Waals surface area contributed by atoms with Crippen LogP contribution in [0.2, 0.25) is 0 Å². The van der Waals surface area contributed by atoms with Gasteiger partial charge in [-0.3, -0.25) is 13.7 Å². The Balaban J connectivity index is 2.23. The quantitative estimate of drug-likeness (QED) is 0.701. The lowest BCUT2D eigenvalue weighted by atomic mass is 10.1. The number of hydrogen-bond acceptors (Lipinski definition) is 5. The lowest BCUT2D eigenvalue weighted by molar-refractivity contribution is -0.115. The summed E-state index contributed by atoms with van der Waals surface area (Å²) in [5.74, 6) is 0.345. The van der Waals surface area contributed by atoms with E-state index in [1.165, 1.54) is 18.5 Å². The van der Waals surface area contributed by atoms with Crippen molar-refractivity contribution < 1.29 is 18.0 Å². The molecule has 1 aromatic heterocycles. The van der Waals surface area contributed by atoms with Gasteiger partial charge in [-0.25, -0.2) is 18.2 Å². The number of amides is 1. The number of nitrogens with zero attached hydrogens (tertiary/aromatic N) is 3. The number of carbonyl (C=O) groups excluding carboxylic acids is 2. The Morgan fingerprint density at radius 3 is 2.57 bits per heavy atom. The van der Waals surface area contributed by atoms with E-state index >= 15 is 0 Å². The maximum atomic E-state index is 12.4. The van der Waals surface area contributed by atoms with Crippen molar-refractivity contribution in [1.82, 2.24) is 14.9 Å². The molecule has 150 valence electrons. The maximum Gasteiger partial charge on any atom is 0.327 e. The average Bonchev–Trinajstić information content (AvgIpc) is 3.37. The Morgan fingerprint density at radius 1 is 1.36 bits per heavy atom. The largest absolute Gasteiger partial charge is 0.340 e. The molecule has 1 aliphatic rings. The Morgan fingerprint density at radius 2 is 2.04 bits per heavy atom. The fourth-order valence-electron chi connectivity index (χ4n) is 2.92. The number of carbonyl (C=O) groups is 2. The van der Waals surface area contributed by atoms with E-state index in [2.05, 4.69) is 26.2 Å². The minimum atomic E-state index is -3.74. The van der Waals surface area contributed by atoms with Crippen molar-refractivity contribution in [2.24, 2.45) is 0 Å². The van der Waals surface area contributed by atoms with Gasteiger partial charge < -0.3 is 5.32 Å². The Bertz CT molecular complexity index is 1040. The molecule has 28 heavy (non-hydrogen) atoms. The highest BCUT2D eigenvalue weighted by molar-refractivity contribution is 9.10. The third-order valence-corrected chi connectivity index (χ3v) is 6.01. The molecule has 0 bridgehead atoms. The summed E-state index contributed by atoms with van der Waals surface area (Å²) in [5.41, 5.74) is 1.53. The number of hydrogen-bond donors (Lipinski definition) is 1. The van der Waals surface area contributed by atoms with Crippen LogP contribution in [0.3, 0.4) is 0 Å². The highest BCUT2D eigenvalue weighted by Gasteiger charge is 2.30. The van der Waals surface area contributed by atoms with Gasteiger partial charge in [-0.05, 0) is 38.0 Å². The Labute approximate surface area is 172 Å². The summed E-state index contributed by atoms with van der Waals surface area (Å²) in [6, 6.07) is 4.67. The second kappa shape index (κ2) is 7.67. The second-order valence-electron chi connectivity index (χ2n) is 6.82. The minimum Gasteiger partial charge on any atom is -0.340 e. The zero-order chi connectivity index (χ0) is 20.6. The third-order valence-electron chi connectivity index (χ3n) is 4.39. The third kappa shape index (κ3) is 4.27. The maximum absolute atomic E-state index is 12.4. The van der Waals surface area contributed by atoms with Crippen molar-refractivity contribution in [1.29, 1.82) is 0 Å². The highest BCUT2D eigenvalue weighted by Crippen LogP contribution is 2.41. The topological polar surface area (TPSA) is 101 Å². The van der Waals surface area contributed by atoms with E-state index in [-0.39, 0.29) is 24.0 Å². The van der Waals surface area contributed by atoms with Gasteiger partial charge in [0.05, 0.1) is 24.2 Å². The van der Waals surface area contributed by atoms with E-state index in [1.54, 1.807) is 24.4 Å². The lowest BCUT2D eigenvalue weighted by Crippen LogP contribution is -2.34. The van der Waals surface area contributed by atoms with Crippen LogP contribution in [0.5, 0.6) is 0 Å². The fourth-order valence-corrected chi connectivity index (χ4v) is 4.20. The van der Waals surface area contributed by atoms with Crippen molar-refractivity contribution in [2.45, 2.75) is 25.7 Å². The second-order valence-corrected chi connectivity index (χ2v) is 9.64. The molecule has 1 amide bonds. The number of nitrogens with one attached hydrogen (secondary N) is 1. The molecule has 1 N–H and O–H groups in total. The first-order valence-corrected chi connectivity index (χ1v) is 11.3. The Kier molecular flexibility index (Phi) is 5.62. The fraction of sp³-hybridized carbons (Fsp3) is 0.389. The van der Waals surface area contributed by atoms with Crippen molar-refractivity contribution in [2.75, 3.05) is 24.2 Å². The van der Waals surface area contributed by atoms with Gasteiger partial charge in [0, 0.05) is 29.2 Å². The molecule has 1 heterocycles. The van der Waals surface area contributed by atoms with Gasteiger partial charge >= 0.3 is 6.03 Å². The van der Waals surface area contributed by atoms with E-state index in [4.69, 9.17) is 0 Å². The van der Waals surface area contributed by atoms with Crippen molar-refractivity contribution >= 4 is 43.5 Å². The normalized spacial score (nSPS) is 14.0. The molecule has 0 aliphatic heterocycles. The van der Waals surface area contributed by atoms with Crippen LogP contribution < -0.4 is 9.62 Å². The smallest absolute Gasteiger partial charge is 0.327 e. The number of anilines is 1. The zero-order valence-corrected chi connectivity index (χ0v) is 18.2. The molecule has 2 aromatic rings. The predicted octanol–water partition coefficient (Wildman–Crippen LogP) is 2.73. The van der Waals surface area contributed by atoms with E-state index in [9.17, 15) is 18.0 Å². The molecule has 1 fully saturated rings. The number of Topliss-reactive ketones (excluding diaryl/α,β-unsaturated/α-hetero) is 1. The van der Waals surface area contributed by atoms with Gasteiger partial charge in [0.1, 0.15) is 5.78 Å². The van der Waals surface area contributed by atoms with E-state index < -0.39 is 10.0 Å². The minimum absolute atomic E-state index is 0.283. The van der Waals surface area contributed by atoms with Crippen LogP contribution in [0.1, 0.15) is 31.4 Å². The molecule has 1 aromatic carbocycles. The summed E-state index contributed by atoms with van der Waals surface area (Å²) in [7, 11) is -2.22. The summed E-state index contributed by atoms with van der Waals surface area (Å²) < 4.78 is 27.9. The summed E-state index contributed by atoms with van der Waals surface area (Å²) >= 11 is 3.36. The zero-order valence-electron chi connectivity index (χ0n) is 15.8. The molecular weight excluding hydrogens is 448 g/mol. The van der Waals surface area contributed by atoms with Crippen LogP contribution in [0.25, 0.3) is 11.4 Å². The van der Waals surface area contributed by atoms with E-state index in [0.717, 1.165) is 29.1 Å². The number of aromatic nitrogens is 2. The number of imidazole rings is 1. The van der Waals surface area contributed by atoms with Gasteiger partial charge in [0.15, 0.2) is 5.82 Å². The molecule has 3 rings (SSSR count). The van der Waals surface area contributed by atoms with Crippen molar-refractivity contribution in [3.05, 3.63) is 34.6 Å². The standard InChI is InChI=1S/C18H21BrN4O4S/c1-11(24)9-23(28(3,26)27)16-8-13(19)6-7-14(16)17-21-15(12-4-5-12)10-22(17)18(25)20-2/h6-8,10,12H,4-5,9H2,1-3H3,(H,20,25). The summed E-state index contributed by atoms with van der Waals surface area (Å²) in [4.78, 5) is 28.8. The number of rotatable bonds is 6. The summed E-state index contributed by atoms with van der Waals surface area (Å²) in [6.07, 6.45) is 4.75. The molecule has 0 unspecified atom stereocenters. The number of ketones is 1. The molecule has 1 aliphatic carbocycles. The molecule has 0 saturated heterocycles. The van der Waals surface area contributed by atoms with Crippen LogP contribution in [-0.2, 0) is 14.8 Å². The summed E-state index contributed by atoms with van der Waals surface area (Å²) in [6.45, 7) is 1.02. The average molecular weight is 469 g/mol. The number of sulfonamides is 1. The highest BCUT2D eigenvalue weighted by atomic mass is 79.9. The van der Waals surface area contributed by atoms with Crippen LogP contribution in [0.4, 0.5) is 10.5 Å². The van der Waals surface area contributed by atoms with Gasteiger partial charge in [-0.15, -0.1) is 0 Å². The van der Waals surface area contributed by atoms with Crippen LogP contribution in [0.15, 0.2) is 28.9 Å². The van der Waals surface area contributed by atoms with Crippen molar-refractivity contribution in [3.8, 4) is 11.4 Å². The van der Waals surface area contributed by atoms with Gasteiger partial charge in [-0.1, -0.05) is 15.9 Å². The first-order chi connectivity index (χ1) is 13.1. The number of benzene rings is 1. The predicted molar refractivity (Wildman–Crippen MR) is 110 cm³/mol. The van der Waals surface area contributed by atoms with E-state index in [0.29, 0.717) is 21.8 Å². The molecule has 0 spiro atoms. The Hall–Kier alpha value is -2.20.